The van der Waals surface area contributed by atoms with E-state index in [9.17, 15) is 4.79 Å². The summed E-state index contributed by atoms with van der Waals surface area (Å²) < 4.78 is 0. The summed E-state index contributed by atoms with van der Waals surface area (Å²) >= 11 is 0. The average molecular weight is 373 g/mol. The quantitative estimate of drug-likeness (QED) is 0.399. The molecule has 0 aromatic heterocycles. The highest BCUT2D eigenvalue weighted by molar-refractivity contribution is 5.83. The van der Waals surface area contributed by atoms with Crippen LogP contribution in [0.5, 0.6) is 0 Å². The van der Waals surface area contributed by atoms with Gasteiger partial charge in [0.15, 0.2) is 0 Å². The number of carbonyl (C=O) groups excluding carboxylic acids is 1. The monoisotopic (exact) mass is 372 g/mol. The van der Waals surface area contributed by atoms with Crippen LogP contribution < -0.4 is 0 Å². The van der Waals surface area contributed by atoms with Crippen molar-refractivity contribution in [3.63, 3.8) is 0 Å². The molecule has 0 radical (unpaired) electrons. The molecule has 0 heterocycles. The van der Waals surface area contributed by atoms with Crippen LogP contribution in [0, 0.1) is 18.3 Å². The van der Waals surface area contributed by atoms with Gasteiger partial charge in [-0.25, -0.2) is 0 Å². The molecule has 0 saturated heterocycles. The van der Waals surface area contributed by atoms with Gasteiger partial charge in [-0.05, 0) is 65.9 Å². The summed E-state index contributed by atoms with van der Waals surface area (Å²) in [6.45, 7) is 9.31. The Hall–Kier alpha value is -2.41. The molecule has 1 fully saturated rings. The predicted molar refractivity (Wildman–Crippen MR) is 120 cm³/mol. The van der Waals surface area contributed by atoms with Gasteiger partial charge in [-0.15, -0.1) is 0 Å². The van der Waals surface area contributed by atoms with Crippen molar-refractivity contribution in [1.82, 2.24) is 0 Å². The van der Waals surface area contributed by atoms with Crippen LogP contribution in [0.15, 0.2) is 60.2 Å². The van der Waals surface area contributed by atoms with Crippen LogP contribution in [-0.2, 0) is 4.79 Å². The maximum atomic E-state index is 10.6. The van der Waals surface area contributed by atoms with E-state index in [2.05, 4.69) is 76.2 Å². The fraction of sp³-hybridized carbons (Fsp3) is 0.370. The third-order valence-corrected chi connectivity index (χ3v) is 6.19. The van der Waals surface area contributed by atoms with Crippen molar-refractivity contribution in [3.05, 3.63) is 82.4 Å². The van der Waals surface area contributed by atoms with Gasteiger partial charge in [0.1, 0.15) is 6.29 Å². The van der Waals surface area contributed by atoms with Gasteiger partial charge in [-0.1, -0.05) is 92.9 Å². The number of hydrogen-bond acceptors (Lipinski definition) is 1. The van der Waals surface area contributed by atoms with Gasteiger partial charge in [0.25, 0.3) is 0 Å². The average Bonchev–Trinajstić information content (AvgIpc) is 2.68. The maximum Gasteiger partial charge on any atom is 0.142 e. The van der Waals surface area contributed by atoms with Gasteiger partial charge in [0.2, 0.25) is 0 Å². The van der Waals surface area contributed by atoms with E-state index in [4.69, 9.17) is 0 Å². The molecule has 28 heavy (non-hydrogen) atoms. The van der Waals surface area contributed by atoms with Crippen molar-refractivity contribution < 1.29 is 4.79 Å². The molecular formula is C27H32O. The van der Waals surface area contributed by atoms with Crippen LogP contribution in [-0.4, -0.2) is 6.29 Å². The lowest BCUT2D eigenvalue weighted by Gasteiger charge is -2.39. The molecule has 0 amide bonds. The molecule has 1 saturated carbocycles. The molecule has 0 spiro atoms. The van der Waals surface area contributed by atoms with Crippen LogP contribution in [0.1, 0.15) is 68.7 Å². The zero-order valence-corrected chi connectivity index (χ0v) is 17.7. The lowest BCUT2D eigenvalue weighted by Crippen LogP contribution is -2.26. The number of rotatable bonds is 5. The fourth-order valence-corrected chi connectivity index (χ4v) is 4.66. The highest BCUT2D eigenvalue weighted by Crippen LogP contribution is 2.47. The minimum Gasteiger partial charge on any atom is -0.299 e. The summed E-state index contributed by atoms with van der Waals surface area (Å²) in [5, 5.41) is 0. The lowest BCUT2D eigenvalue weighted by molar-refractivity contribution is -0.104. The van der Waals surface area contributed by atoms with Gasteiger partial charge >= 0.3 is 0 Å². The number of allylic oxidation sites excluding steroid dienone is 2. The van der Waals surface area contributed by atoms with Crippen LogP contribution in [0.2, 0.25) is 0 Å². The van der Waals surface area contributed by atoms with Crippen molar-refractivity contribution in [2.24, 2.45) is 11.3 Å². The molecule has 2 unspecified atom stereocenters. The second-order valence-electron chi connectivity index (χ2n) is 8.82. The molecule has 2 aromatic carbocycles. The molecule has 2 atom stereocenters. The Kier molecular flexibility index (Phi) is 6.34. The third-order valence-electron chi connectivity index (χ3n) is 6.19. The SMILES string of the molecule is CCC1(C)C/C(=C(\c2ccc(C)cc2)c2ccc(/C=C/C=O)cc2)CC(C)C1. The Balaban J connectivity index is 2.11. The standard InChI is InChI=1S/C27H32O/c1-5-27(4)18-21(3)17-25(19-27)26(23-12-8-20(2)9-13-23)24-14-10-22(11-15-24)7-6-16-28/h6-16,21H,5,17-19H2,1-4H3/b7-6+,26-25+. The number of aldehydes is 1. The second-order valence-corrected chi connectivity index (χ2v) is 8.82. The highest BCUT2D eigenvalue weighted by Gasteiger charge is 2.32. The molecule has 0 N–H and O–H groups in total. The van der Waals surface area contributed by atoms with E-state index in [0.29, 0.717) is 11.3 Å². The Morgan fingerprint density at radius 2 is 1.68 bits per heavy atom. The van der Waals surface area contributed by atoms with Crippen LogP contribution in [0.25, 0.3) is 11.6 Å². The van der Waals surface area contributed by atoms with Crippen LogP contribution in [0.4, 0.5) is 0 Å². The predicted octanol–water partition coefficient (Wildman–Crippen LogP) is 7.25. The summed E-state index contributed by atoms with van der Waals surface area (Å²) in [7, 11) is 0. The normalized spacial score (nSPS) is 24.4. The Morgan fingerprint density at radius 3 is 2.25 bits per heavy atom. The molecule has 146 valence electrons. The maximum absolute atomic E-state index is 10.6. The van der Waals surface area contributed by atoms with Gasteiger partial charge in [0.05, 0.1) is 0 Å². The van der Waals surface area contributed by atoms with Crippen molar-refractivity contribution in [2.75, 3.05) is 0 Å². The van der Waals surface area contributed by atoms with E-state index in [1.165, 1.54) is 47.9 Å². The van der Waals surface area contributed by atoms with E-state index >= 15 is 0 Å². The number of hydrogen-bond donors (Lipinski definition) is 0. The fourth-order valence-electron chi connectivity index (χ4n) is 4.66. The smallest absolute Gasteiger partial charge is 0.142 e. The summed E-state index contributed by atoms with van der Waals surface area (Å²) in [6, 6.07) is 17.6. The van der Waals surface area contributed by atoms with E-state index in [-0.39, 0.29) is 0 Å². The Morgan fingerprint density at radius 1 is 1.07 bits per heavy atom. The first kappa shape index (κ1) is 20.3. The van der Waals surface area contributed by atoms with Gasteiger partial charge in [0, 0.05) is 0 Å². The Labute approximate surface area is 170 Å². The number of aryl methyl sites for hydroxylation is 1. The van der Waals surface area contributed by atoms with Crippen molar-refractivity contribution in [1.29, 1.82) is 0 Å². The summed E-state index contributed by atoms with van der Waals surface area (Å²) in [4.78, 5) is 10.6. The number of benzene rings is 2. The van der Waals surface area contributed by atoms with E-state index in [1.807, 2.05) is 6.08 Å². The Bertz CT molecular complexity index is 867. The first-order valence-corrected chi connectivity index (χ1v) is 10.5. The molecule has 1 aliphatic rings. The zero-order chi connectivity index (χ0) is 20.1. The molecule has 3 rings (SSSR count). The summed E-state index contributed by atoms with van der Waals surface area (Å²) in [5.74, 6) is 0.712. The van der Waals surface area contributed by atoms with E-state index in [0.717, 1.165) is 11.8 Å². The molecule has 0 aliphatic heterocycles. The van der Waals surface area contributed by atoms with Gasteiger partial charge < -0.3 is 0 Å². The topological polar surface area (TPSA) is 17.1 Å². The zero-order valence-electron chi connectivity index (χ0n) is 17.7. The van der Waals surface area contributed by atoms with Crippen molar-refractivity contribution in [2.45, 2.75) is 53.4 Å². The second kappa shape index (κ2) is 8.73. The lowest BCUT2D eigenvalue weighted by atomic mass is 9.66. The summed E-state index contributed by atoms with van der Waals surface area (Å²) in [6.07, 6.45) is 9.09. The van der Waals surface area contributed by atoms with Crippen molar-refractivity contribution >= 4 is 17.9 Å². The number of carbonyl (C=O) groups is 1. The summed E-state index contributed by atoms with van der Waals surface area (Å²) in [5.41, 5.74) is 8.30. The first-order valence-electron chi connectivity index (χ1n) is 10.5. The third kappa shape index (κ3) is 4.70. The van der Waals surface area contributed by atoms with Crippen LogP contribution >= 0.6 is 0 Å². The molecule has 1 heteroatoms. The minimum atomic E-state index is 0.385. The van der Waals surface area contributed by atoms with Crippen LogP contribution in [0.3, 0.4) is 0 Å². The largest absolute Gasteiger partial charge is 0.299 e. The highest BCUT2D eigenvalue weighted by atomic mass is 16.1. The van der Waals surface area contributed by atoms with E-state index in [1.54, 1.807) is 11.6 Å². The van der Waals surface area contributed by atoms with Crippen molar-refractivity contribution in [3.8, 4) is 0 Å². The van der Waals surface area contributed by atoms with E-state index < -0.39 is 0 Å². The van der Waals surface area contributed by atoms with Gasteiger partial charge in [-0.3, -0.25) is 4.79 Å². The molecule has 1 aliphatic carbocycles. The molecule has 0 bridgehead atoms. The molecular weight excluding hydrogens is 340 g/mol. The van der Waals surface area contributed by atoms with Gasteiger partial charge in [-0.2, -0.15) is 0 Å². The molecule has 1 nitrogen and oxygen atoms in total. The molecule has 2 aromatic rings. The minimum absolute atomic E-state index is 0.385. The first-order chi connectivity index (χ1) is 13.4.